The average Bonchev–Trinajstić information content (AvgIpc) is 3.40. The third-order valence-electron chi connectivity index (χ3n) is 17.9. The molecule has 9 nitrogen and oxygen atoms in total. The topological polar surface area (TPSA) is 89.9 Å². The molecule has 4 heterocycles. The Balaban J connectivity index is 0.882. The van der Waals surface area contributed by atoms with E-state index in [0.29, 0.717) is 40.0 Å². The molecule has 0 radical (unpaired) electrons. The summed E-state index contributed by atoms with van der Waals surface area (Å²) in [6, 6.07) is 0.618. The Hall–Kier alpha value is -0.810. The molecule has 9 aliphatic rings. The van der Waals surface area contributed by atoms with E-state index in [0.717, 1.165) is 83.5 Å². The maximum absolute atomic E-state index is 12.0. The van der Waals surface area contributed by atoms with E-state index in [-0.39, 0.29) is 41.5 Å². The van der Waals surface area contributed by atoms with E-state index in [4.69, 9.17) is 23.7 Å². The molecule has 5 saturated carbocycles. The summed E-state index contributed by atoms with van der Waals surface area (Å²) in [5, 5.41) is 11.0. The van der Waals surface area contributed by atoms with Crippen LogP contribution in [-0.2, 0) is 28.5 Å². The molecule has 0 aromatic carbocycles. The van der Waals surface area contributed by atoms with Gasteiger partial charge in [-0.05, 0) is 130 Å². The Morgan fingerprint density at radius 2 is 1.69 bits per heavy atom. The molecule has 0 amide bonds. The fourth-order valence-electron chi connectivity index (χ4n) is 15.4. The number of aliphatic hydroxyl groups is 1. The highest BCUT2D eigenvalue weighted by Gasteiger charge is 2.84. The number of morpholine rings is 1. The van der Waals surface area contributed by atoms with Gasteiger partial charge in [-0.25, -0.2) is 0 Å². The summed E-state index contributed by atoms with van der Waals surface area (Å²) < 4.78 is 31.6. The van der Waals surface area contributed by atoms with Crippen LogP contribution in [0.1, 0.15) is 113 Å². The molecule has 1 N–H and O–H groups in total. The third kappa shape index (κ3) is 5.06. The first kappa shape index (κ1) is 35.9. The van der Waals surface area contributed by atoms with Crippen molar-refractivity contribution in [1.82, 2.24) is 9.80 Å². The second kappa shape index (κ2) is 11.8. The predicted molar refractivity (Wildman–Crippen MR) is 193 cm³/mol. The Labute approximate surface area is 307 Å². The summed E-state index contributed by atoms with van der Waals surface area (Å²) in [5.41, 5.74) is 0.338. The first-order valence-electron chi connectivity index (χ1n) is 20.9. The molecule has 288 valence electrons. The molecule has 4 aliphatic heterocycles. The monoisotopic (exact) mass is 713 g/mol. The van der Waals surface area contributed by atoms with Crippen molar-refractivity contribution in [1.29, 1.82) is 0 Å². The molecule has 4 saturated heterocycles. The normalized spacial score (nSPS) is 49.5. The highest BCUT2D eigenvalue weighted by Crippen LogP contribution is 2.89. The van der Waals surface area contributed by atoms with Crippen molar-refractivity contribution >= 4 is 5.97 Å². The second-order valence-corrected chi connectivity index (χ2v) is 20.8. The Kier molecular flexibility index (Phi) is 8.33. The summed E-state index contributed by atoms with van der Waals surface area (Å²) in [5.74, 6) is 3.07. The zero-order valence-electron chi connectivity index (χ0n) is 33.0. The smallest absolute Gasteiger partial charge is 0.303 e. The van der Waals surface area contributed by atoms with E-state index in [1.165, 1.54) is 39.0 Å². The van der Waals surface area contributed by atoms with Crippen LogP contribution in [0, 0.1) is 51.2 Å². The predicted octanol–water partition coefficient (Wildman–Crippen LogP) is 5.66. The van der Waals surface area contributed by atoms with Gasteiger partial charge in [0.15, 0.2) is 12.4 Å². The van der Waals surface area contributed by atoms with Crippen LogP contribution in [0.25, 0.3) is 0 Å². The second-order valence-electron chi connectivity index (χ2n) is 20.8. The van der Waals surface area contributed by atoms with E-state index in [1.54, 1.807) is 13.8 Å². The van der Waals surface area contributed by atoms with Gasteiger partial charge in [0.05, 0.1) is 56.3 Å². The highest BCUT2D eigenvalue weighted by atomic mass is 16.7. The van der Waals surface area contributed by atoms with Crippen LogP contribution in [-0.4, -0.2) is 115 Å². The lowest BCUT2D eigenvalue weighted by Crippen LogP contribution is -2.74. The zero-order chi connectivity index (χ0) is 35.9. The minimum absolute atomic E-state index is 0.109. The lowest BCUT2D eigenvalue weighted by Gasteiger charge is -2.60. The van der Waals surface area contributed by atoms with Crippen LogP contribution in [0.3, 0.4) is 0 Å². The average molecular weight is 713 g/mol. The largest absolute Gasteiger partial charge is 0.457 e. The van der Waals surface area contributed by atoms with Gasteiger partial charge in [-0.1, -0.05) is 27.7 Å². The van der Waals surface area contributed by atoms with Gasteiger partial charge >= 0.3 is 5.97 Å². The fourth-order valence-corrected chi connectivity index (χ4v) is 15.4. The number of ether oxygens (including phenoxy) is 5. The van der Waals surface area contributed by atoms with Gasteiger partial charge in [0, 0.05) is 32.1 Å². The van der Waals surface area contributed by atoms with Crippen LogP contribution in [0.2, 0.25) is 0 Å². The van der Waals surface area contributed by atoms with E-state index < -0.39 is 11.7 Å². The number of carbonyl (C=O) groups is 1. The summed E-state index contributed by atoms with van der Waals surface area (Å²) in [7, 11) is 0. The lowest BCUT2D eigenvalue weighted by atomic mass is 9.46. The van der Waals surface area contributed by atoms with Gasteiger partial charge in [0.25, 0.3) is 0 Å². The van der Waals surface area contributed by atoms with Crippen molar-refractivity contribution in [3.8, 4) is 0 Å². The van der Waals surface area contributed by atoms with Gasteiger partial charge in [-0.2, -0.15) is 0 Å². The number of fused-ring (bicyclic) bond motifs is 4. The van der Waals surface area contributed by atoms with Crippen LogP contribution in [0.15, 0.2) is 0 Å². The standard InChI is InChI=1S/C42H68N2O7/c1-25-41-16-15-40(8)29-9-11-31(36(38(5,6)46)49-26(2)45)50-32(29)19-30(40)28(41)10-12-33-37(3,4)34(13-14-42(25,33)41)51-35-20-44(17-18-48-35)39(7)23-43(24-39)27-21-47-22-27/h25,27-36,46H,9-24H2,1-8H3/t25-,28?,29?,30?,31?,32?,33?,34-,35?,36-,40+,41-,42?/m0/s1. The number of esters is 1. The van der Waals surface area contributed by atoms with Gasteiger partial charge in [0.2, 0.25) is 0 Å². The van der Waals surface area contributed by atoms with E-state index >= 15 is 0 Å². The molecule has 9 fully saturated rings. The molecule has 13 atom stereocenters. The first-order valence-corrected chi connectivity index (χ1v) is 20.9. The Morgan fingerprint density at radius 3 is 2.37 bits per heavy atom. The molecule has 9 heteroatoms. The third-order valence-corrected chi connectivity index (χ3v) is 17.9. The van der Waals surface area contributed by atoms with Gasteiger partial charge in [-0.3, -0.25) is 14.6 Å². The summed E-state index contributed by atoms with van der Waals surface area (Å²) in [6.07, 6.45) is 10.2. The first-order chi connectivity index (χ1) is 24.0. The van der Waals surface area contributed by atoms with Crippen molar-refractivity contribution in [3.05, 3.63) is 0 Å². The van der Waals surface area contributed by atoms with Crippen molar-refractivity contribution in [3.63, 3.8) is 0 Å². The summed E-state index contributed by atoms with van der Waals surface area (Å²) in [4.78, 5) is 17.3. The molecule has 9 rings (SSSR count). The molecular weight excluding hydrogens is 644 g/mol. The summed E-state index contributed by atoms with van der Waals surface area (Å²) in [6.45, 7) is 24.3. The van der Waals surface area contributed by atoms with Crippen molar-refractivity contribution in [2.75, 3.05) is 46.0 Å². The molecule has 51 heavy (non-hydrogen) atoms. The number of hydrogen-bond donors (Lipinski definition) is 1. The quantitative estimate of drug-likeness (QED) is 0.336. The number of nitrogens with zero attached hydrogens (tertiary/aromatic N) is 2. The van der Waals surface area contributed by atoms with Gasteiger partial charge < -0.3 is 28.8 Å². The minimum Gasteiger partial charge on any atom is -0.457 e. The summed E-state index contributed by atoms with van der Waals surface area (Å²) >= 11 is 0. The highest BCUT2D eigenvalue weighted by molar-refractivity contribution is 5.66. The number of hydrogen-bond acceptors (Lipinski definition) is 9. The Bertz CT molecular complexity index is 1370. The van der Waals surface area contributed by atoms with E-state index in [1.807, 2.05) is 0 Å². The molecule has 0 bridgehead atoms. The zero-order valence-corrected chi connectivity index (χ0v) is 33.0. The number of rotatable bonds is 7. The molecule has 8 unspecified atom stereocenters. The molecule has 0 aromatic heterocycles. The SMILES string of the molecule is CC(=O)O[C@@H](C1CCC2C(CC3C4CCC5C(C)(C)[C@@H](OC6CN(C7(C)CN(C8COC8)C7)CCO6)CCC56[C@@H](C)[C@@]46CC[C@]23C)O1)C(C)(C)O. The maximum Gasteiger partial charge on any atom is 0.303 e. The minimum atomic E-state index is -1.14. The van der Waals surface area contributed by atoms with E-state index in [9.17, 15) is 9.90 Å². The van der Waals surface area contributed by atoms with Crippen molar-refractivity contribution < 1.29 is 33.6 Å². The molecular formula is C42H68N2O7. The van der Waals surface area contributed by atoms with Gasteiger partial charge in [-0.15, -0.1) is 0 Å². The molecule has 5 aliphatic carbocycles. The van der Waals surface area contributed by atoms with Crippen molar-refractivity contribution in [2.24, 2.45) is 51.2 Å². The van der Waals surface area contributed by atoms with Crippen LogP contribution in [0.5, 0.6) is 0 Å². The van der Waals surface area contributed by atoms with Crippen LogP contribution < -0.4 is 0 Å². The maximum atomic E-state index is 12.0. The number of likely N-dealkylation sites (tertiary alicyclic amines) is 1. The molecule has 2 spiro atoms. The van der Waals surface area contributed by atoms with Crippen LogP contribution in [0.4, 0.5) is 0 Å². The van der Waals surface area contributed by atoms with Crippen molar-refractivity contribution in [2.45, 2.75) is 161 Å². The molecule has 0 aromatic rings. The fraction of sp³-hybridized carbons (Fsp3) is 0.976. The number of carbonyl (C=O) groups excluding carboxylic acids is 1. The van der Waals surface area contributed by atoms with Crippen LogP contribution >= 0.6 is 0 Å². The van der Waals surface area contributed by atoms with E-state index in [2.05, 4.69) is 44.4 Å². The van der Waals surface area contributed by atoms with Gasteiger partial charge in [0.1, 0.15) is 0 Å². The lowest BCUT2D eigenvalue weighted by molar-refractivity contribution is -0.259. The Morgan fingerprint density at radius 1 is 0.941 bits per heavy atom.